The van der Waals surface area contributed by atoms with E-state index >= 15 is 0 Å². The van der Waals surface area contributed by atoms with Crippen molar-refractivity contribution in [1.29, 1.82) is 0 Å². The summed E-state index contributed by atoms with van der Waals surface area (Å²) in [6.07, 6.45) is 10.6. The standard InChI is InChI=1S/C60H80N10O8S2/c1-35(61-3)53(71)67-51(37-15-7-5-8-16-37)59(77)69-33-41(31-47(69)57(75)65-45-27-29-79-49-21-13-11-19-43(45)49)63-55(73)39-23-25-40(26-24-39)56(74)64-42-32-48(58(76)66-46-28-30-80-50-22-14-12-20-44(46)50)70(34-42)60(78)52(38-17-9-6-10-18-38)68-54(72)36(2)62-4/h11-14,19-26,35-38,41-42,45-48,51-52,61-62H,5-10,15-18,27-34H2,1-4H3,(H,63,73)(H,64,74)(H,65,75)(H,66,76)(H,67,71)(H,68,72)/t35-,36-,41-,42-,45-,46-,47-,48-,51-,52-/m0/s1. The summed E-state index contributed by atoms with van der Waals surface area (Å²) in [5.74, 6) is -1.39. The van der Waals surface area contributed by atoms with Crippen LogP contribution in [0.1, 0.15) is 148 Å². The molecule has 0 bridgehead atoms. The predicted octanol–water partition coefficient (Wildman–Crippen LogP) is 5.14. The summed E-state index contributed by atoms with van der Waals surface area (Å²) in [5, 5.41) is 24.7. The van der Waals surface area contributed by atoms with Crippen molar-refractivity contribution in [2.45, 2.75) is 174 Å². The van der Waals surface area contributed by atoms with Gasteiger partial charge in [0.15, 0.2) is 0 Å². The SMILES string of the molecule is CN[C@@H](C)C(=O)N[C@H](C(=O)N1C[C@@H](NC(=O)c2ccc(C(=O)N[C@H]3C[C@@H](C(=O)N[C@H]4CCSc5ccccc54)N(C(=O)[C@@H](NC(=O)[C@H](C)NC)C4CCCCC4)C3)cc2)C[C@H]1C(=O)N[C@H]1CCSc2ccccc21)C1CCCCC1. The van der Waals surface area contributed by atoms with Gasteiger partial charge in [0.1, 0.15) is 24.2 Å². The number of benzene rings is 3. The number of likely N-dealkylation sites (N-methyl/N-ethyl adjacent to an activating group) is 2. The van der Waals surface area contributed by atoms with Crippen LogP contribution in [0.5, 0.6) is 0 Å². The van der Waals surface area contributed by atoms with Gasteiger partial charge in [-0.25, -0.2) is 0 Å². The summed E-state index contributed by atoms with van der Waals surface area (Å²) in [5.41, 5.74) is 2.57. The van der Waals surface area contributed by atoms with Crippen molar-refractivity contribution in [3.63, 3.8) is 0 Å². The van der Waals surface area contributed by atoms with Crippen LogP contribution in [0.25, 0.3) is 0 Å². The van der Waals surface area contributed by atoms with Crippen molar-refractivity contribution in [3.05, 3.63) is 95.1 Å². The van der Waals surface area contributed by atoms with Crippen LogP contribution in [0, 0.1) is 11.8 Å². The number of rotatable bonds is 18. The Morgan fingerprint density at radius 1 is 0.487 bits per heavy atom. The van der Waals surface area contributed by atoms with Crippen LogP contribution in [0.2, 0.25) is 0 Å². The van der Waals surface area contributed by atoms with Crippen molar-refractivity contribution in [1.82, 2.24) is 52.3 Å². The van der Waals surface area contributed by atoms with Crippen LogP contribution >= 0.6 is 23.5 Å². The fourth-order valence-electron chi connectivity index (χ4n) is 12.6. The fourth-order valence-corrected chi connectivity index (χ4v) is 14.8. The second kappa shape index (κ2) is 27.2. The van der Waals surface area contributed by atoms with Gasteiger partial charge in [0.05, 0.1) is 24.2 Å². The van der Waals surface area contributed by atoms with Gasteiger partial charge < -0.3 is 52.3 Å². The summed E-state index contributed by atoms with van der Waals surface area (Å²) in [7, 11) is 3.38. The smallest absolute Gasteiger partial charge is 0.251 e. The first-order valence-electron chi connectivity index (χ1n) is 29.0. The third kappa shape index (κ3) is 13.8. The molecule has 2 saturated heterocycles. The maximum absolute atomic E-state index is 14.9. The van der Waals surface area contributed by atoms with E-state index in [-0.39, 0.29) is 96.4 Å². The topological polar surface area (TPSA) is 239 Å². The lowest BCUT2D eigenvalue weighted by Gasteiger charge is -2.35. The number of nitrogens with zero attached hydrogens (tertiary/aromatic N) is 2. The van der Waals surface area contributed by atoms with E-state index < -0.39 is 60.1 Å². The number of likely N-dealkylation sites (tertiary alicyclic amines) is 2. The first-order valence-corrected chi connectivity index (χ1v) is 31.0. The molecule has 3 aromatic carbocycles. The van der Waals surface area contributed by atoms with Crippen molar-refractivity contribution >= 4 is 70.8 Å². The molecule has 3 aromatic rings. The van der Waals surface area contributed by atoms with Gasteiger partial charge in [0.25, 0.3) is 11.8 Å². The van der Waals surface area contributed by atoms with Crippen molar-refractivity contribution in [2.24, 2.45) is 11.8 Å². The highest BCUT2D eigenvalue weighted by Crippen LogP contribution is 2.39. The minimum absolute atomic E-state index is 0.0523. The van der Waals surface area contributed by atoms with Crippen LogP contribution in [-0.2, 0) is 28.8 Å². The van der Waals surface area contributed by atoms with E-state index in [1.54, 1.807) is 85.5 Å². The molecule has 4 aliphatic heterocycles. The average Bonchev–Trinajstić information content (AvgIpc) is 4.12. The Morgan fingerprint density at radius 2 is 0.863 bits per heavy atom. The summed E-state index contributed by atoms with van der Waals surface area (Å²) in [6.45, 7) is 3.58. The lowest BCUT2D eigenvalue weighted by molar-refractivity contribution is -0.143. The monoisotopic (exact) mass is 1130 g/mol. The maximum Gasteiger partial charge on any atom is 0.251 e. The normalized spacial score (nSPS) is 24.6. The molecule has 8 amide bonds. The summed E-state index contributed by atoms with van der Waals surface area (Å²) in [6, 6.07) is 15.8. The van der Waals surface area contributed by atoms with Crippen LogP contribution < -0.4 is 42.5 Å². The van der Waals surface area contributed by atoms with Crippen LogP contribution in [0.15, 0.2) is 82.6 Å². The molecule has 2 aliphatic carbocycles. The fraction of sp³-hybridized carbons (Fsp3) is 0.567. The Hall–Kier alpha value is -5.96. The van der Waals surface area contributed by atoms with Crippen LogP contribution in [0.4, 0.5) is 0 Å². The molecule has 4 heterocycles. The molecule has 430 valence electrons. The summed E-state index contributed by atoms with van der Waals surface area (Å²) in [4.78, 5) is 119. The van der Waals surface area contributed by atoms with E-state index in [0.717, 1.165) is 109 Å². The lowest BCUT2D eigenvalue weighted by atomic mass is 9.83. The van der Waals surface area contributed by atoms with Gasteiger partial charge in [0.2, 0.25) is 35.4 Å². The molecule has 4 fully saturated rings. The van der Waals surface area contributed by atoms with Crippen LogP contribution in [-0.4, -0.2) is 144 Å². The van der Waals surface area contributed by atoms with E-state index in [4.69, 9.17) is 0 Å². The molecule has 0 spiro atoms. The third-order valence-corrected chi connectivity index (χ3v) is 19.7. The number of fused-ring (bicyclic) bond motifs is 2. The minimum atomic E-state index is -0.917. The highest BCUT2D eigenvalue weighted by Gasteiger charge is 2.47. The Morgan fingerprint density at radius 3 is 1.24 bits per heavy atom. The lowest BCUT2D eigenvalue weighted by Crippen LogP contribution is -2.58. The molecular weight excluding hydrogens is 1050 g/mol. The molecular formula is C60H80N10O8S2. The van der Waals surface area contributed by atoms with Crippen molar-refractivity contribution in [2.75, 3.05) is 38.7 Å². The van der Waals surface area contributed by atoms with Gasteiger partial charge in [-0.1, -0.05) is 74.9 Å². The number of carbonyl (C=O) groups is 8. The van der Waals surface area contributed by atoms with E-state index in [0.29, 0.717) is 0 Å². The molecule has 2 saturated carbocycles. The van der Waals surface area contributed by atoms with Gasteiger partial charge >= 0.3 is 0 Å². The summed E-state index contributed by atoms with van der Waals surface area (Å²) < 4.78 is 0. The van der Waals surface area contributed by atoms with Gasteiger partial charge in [0, 0.05) is 57.6 Å². The average molecular weight is 1130 g/mol. The highest BCUT2D eigenvalue weighted by atomic mass is 32.2. The largest absolute Gasteiger partial charge is 0.347 e. The zero-order valence-electron chi connectivity index (χ0n) is 46.6. The Kier molecular flexibility index (Phi) is 20.0. The zero-order chi connectivity index (χ0) is 56.5. The second-order valence-electron chi connectivity index (χ2n) is 22.7. The van der Waals surface area contributed by atoms with Crippen molar-refractivity contribution in [3.8, 4) is 0 Å². The highest BCUT2D eigenvalue weighted by molar-refractivity contribution is 7.99. The number of nitrogens with one attached hydrogen (secondary N) is 8. The third-order valence-electron chi connectivity index (χ3n) is 17.4. The molecule has 18 nitrogen and oxygen atoms in total. The minimum Gasteiger partial charge on any atom is -0.347 e. The predicted molar refractivity (Wildman–Crippen MR) is 309 cm³/mol. The Labute approximate surface area is 478 Å². The van der Waals surface area contributed by atoms with Gasteiger partial charge in [-0.15, -0.1) is 23.5 Å². The van der Waals surface area contributed by atoms with Gasteiger partial charge in [-0.05, 0) is 139 Å². The van der Waals surface area contributed by atoms with E-state index in [9.17, 15) is 38.4 Å². The zero-order valence-corrected chi connectivity index (χ0v) is 48.2. The number of hydrogen-bond acceptors (Lipinski definition) is 12. The molecule has 8 N–H and O–H groups in total. The quantitative estimate of drug-likeness (QED) is 0.0827. The molecule has 80 heavy (non-hydrogen) atoms. The number of amides is 8. The van der Waals surface area contributed by atoms with Gasteiger partial charge in [-0.2, -0.15) is 0 Å². The molecule has 0 unspecified atom stereocenters. The number of carbonyl (C=O) groups excluding carboxylic acids is 8. The van der Waals surface area contributed by atoms with Gasteiger partial charge in [-0.3, -0.25) is 38.4 Å². The second-order valence-corrected chi connectivity index (χ2v) is 24.9. The number of hydrogen-bond donors (Lipinski definition) is 8. The molecule has 10 atom stereocenters. The first-order chi connectivity index (χ1) is 38.7. The Bertz CT molecular complexity index is 2560. The van der Waals surface area contributed by atoms with Crippen molar-refractivity contribution < 1.29 is 38.4 Å². The molecule has 0 aromatic heterocycles. The molecule has 20 heteroatoms. The van der Waals surface area contributed by atoms with E-state index in [1.807, 2.05) is 48.5 Å². The van der Waals surface area contributed by atoms with E-state index in [1.165, 1.54) is 0 Å². The van der Waals surface area contributed by atoms with E-state index in [2.05, 4.69) is 42.5 Å². The molecule has 6 aliphatic rings. The van der Waals surface area contributed by atoms with Crippen LogP contribution in [0.3, 0.4) is 0 Å². The molecule has 9 rings (SSSR count). The Balaban J connectivity index is 0.896. The maximum atomic E-state index is 14.9. The number of thioether (sulfide) groups is 2. The summed E-state index contributed by atoms with van der Waals surface area (Å²) >= 11 is 3.49. The first kappa shape index (κ1) is 58.7. The molecule has 0 radical (unpaired) electrons.